The number of hydrogen-bond acceptors (Lipinski definition) is 3. The molecule has 0 N–H and O–H groups in total. The number of rotatable bonds is 3. The van der Waals surface area contributed by atoms with Crippen LogP contribution in [0.3, 0.4) is 0 Å². The van der Waals surface area contributed by atoms with Crippen molar-refractivity contribution in [2.24, 2.45) is 0 Å². The van der Waals surface area contributed by atoms with E-state index in [2.05, 4.69) is 0 Å². The molecule has 0 aromatic heterocycles. The van der Waals surface area contributed by atoms with Gasteiger partial charge in [-0.05, 0) is 18.2 Å². The van der Waals surface area contributed by atoms with Gasteiger partial charge < -0.3 is 8.92 Å². The lowest BCUT2D eigenvalue weighted by molar-refractivity contribution is 0.414. The van der Waals surface area contributed by atoms with Crippen molar-refractivity contribution in [1.82, 2.24) is 0 Å². The first-order chi connectivity index (χ1) is 5.77. The first-order valence-corrected chi connectivity index (χ1v) is 4.44. The van der Waals surface area contributed by atoms with Crippen molar-refractivity contribution in [3.63, 3.8) is 0 Å². The Kier molecular flexibility index (Phi) is 3.72. The van der Waals surface area contributed by atoms with E-state index in [0.717, 1.165) is 4.90 Å². The molecule has 0 saturated heterocycles. The second-order valence-corrected chi connectivity index (χ2v) is 3.42. The molecule has 2 nitrogen and oxygen atoms in total. The van der Waals surface area contributed by atoms with Crippen molar-refractivity contribution in [3.8, 4) is 5.75 Å². The molecular formula is C8H9ClO2S. The van der Waals surface area contributed by atoms with Crippen LogP contribution in [-0.2, 0) is 4.18 Å². The van der Waals surface area contributed by atoms with Gasteiger partial charge in [0.25, 0.3) is 0 Å². The quantitative estimate of drug-likeness (QED) is 0.706. The number of hydrogen-bond donors (Lipinski definition) is 0. The van der Waals surface area contributed by atoms with E-state index in [1.807, 2.05) is 12.1 Å². The van der Waals surface area contributed by atoms with E-state index >= 15 is 0 Å². The van der Waals surface area contributed by atoms with Gasteiger partial charge in [-0.15, -0.1) is 0 Å². The standard InChI is InChI=1S/C8H9ClO2S/c1-10-8-4-3-6(12-11-2)5-7(8)9/h3-5H,1-2H3. The summed E-state index contributed by atoms with van der Waals surface area (Å²) in [6.07, 6.45) is 0. The van der Waals surface area contributed by atoms with Crippen LogP contribution in [0.2, 0.25) is 5.02 Å². The predicted octanol–water partition coefficient (Wildman–Crippen LogP) is 3.00. The van der Waals surface area contributed by atoms with Crippen molar-refractivity contribution in [1.29, 1.82) is 0 Å². The molecule has 0 amide bonds. The molecule has 1 aromatic carbocycles. The summed E-state index contributed by atoms with van der Waals surface area (Å²) in [6, 6.07) is 5.50. The summed E-state index contributed by atoms with van der Waals surface area (Å²) in [7, 11) is 3.20. The zero-order valence-electron chi connectivity index (χ0n) is 6.83. The summed E-state index contributed by atoms with van der Waals surface area (Å²) in [4.78, 5) is 0.961. The second-order valence-electron chi connectivity index (χ2n) is 2.05. The average Bonchev–Trinajstić information content (AvgIpc) is 2.05. The highest BCUT2D eigenvalue weighted by atomic mass is 35.5. The molecule has 0 aliphatic heterocycles. The Morgan fingerprint density at radius 3 is 2.58 bits per heavy atom. The minimum absolute atomic E-state index is 0.597. The minimum atomic E-state index is 0.597. The molecule has 0 heterocycles. The van der Waals surface area contributed by atoms with Gasteiger partial charge >= 0.3 is 0 Å². The lowest BCUT2D eigenvalue weighted by atomic mass is 10.3. The molecule has 66 valence electrons. The zero-order chi connectivity index (χ0) is 8.97. The molecule has 0 fully saturated rings. The Labute approximate surface area is 81.0 Å². The fraction of sp³-hybridized carbons (Fsp3) is 0.250. The lowest BCUT2D eigenvalue weighted by Crippen LogP contribution is -1.83. The van der Waals surface area contributed by atoms with Crippen molar-refractivity contribution in [2.75, 3.05) is 14.2 Å². The number of methoxy groups -OCH3 is 1. The first kappa shape index (κ1) is 9.71. The van der Waals surface area contributed by atoms with Crippen LogP contribution in [0, 0.1) is 0 Å². The molecule has 0 aliphatic rings. The molecule has 4 heteroatoms. The van der Waals surface area contributed by atoms with Gasteiger partial charge in [0.05, 0.1) is 19.2 Å². The molecule has 1 rings (SSSR count). The van der Waals surface area contributed by atoms with Gasteiger partial charge in [-0.2, -0.15) is 0 Å². The van der Waals surface area contributed by atoms with Gasteiger partial charge in [-0.3, -0.25) is 0 Å². The highest BCUT2D eigenvalue weighted by Gasteiger charge is 2.01. The van der Waals surface area contributed by atoms with E-state index in [1.165, 1.54) is 12.0 Å². The van der Waals surface area contributed by atoms with Crippen molar-refractivity contribution < 1.29 is 8.92 Å². The molecule has 0 unspecified atom stereocenters. The first-order valence-electron chi connectivity index (χ1n) is 3.32. The lowest BCUT2D eigenvalue weighted by Gasteiger charge is -2.03. The Balaban J connectivity index is 2.86. The maximum absolute atomic E-state index is 5.87. The van der Waals surface area contributed by atoms with Crippen LogP contribution in [0.25, 0.3) is 0 Å². The third-order valence-electron chi connectivity index (χ3n) is 1.30. The van der Waals surface area contributed by atoms with Crippen LogP contribution in [-0.4, -0.2) is 14.2 Å². The molecular weight excluding hydrogens is 196 g/mol. The maximum atomic E-state index is 5.87. The Hall–Kier alpha value is -0.380. The van der Waals surface area contributed by atoms with E-state index < -0.39 is 0 Å². The molecule has 1 aromatic rings. The van der Waals surface area contributed by atoms with Gasteiger partial charge in [-0.1, -0.05) is 11.6 Å². The topological polar surface area (TPSA) is 18.5 Å². The molecule has 0 aliphatic carbocycles. The Morgan fingerprint density at radius 2 is 2.08 bits per heavy atom. The van der Waals surface area contributed by atoms with E-state index in [9.17, 15) is 0 Å². The molecule has 0 radical (unpaired) electrons. The van der Waals surface area contributed by atoms with Crippen LogP contribution < -0.4 is 4.74 Å². The van der Waals surface area contributed by atoms with Crippen LogP contribution in [0.4, 0.5) is 0 Å². The van der Waals surface area contributed by atoms with Crippen LogP contribution in [0.15, 0.2) is 23.1 Å². The fourth-order valence-electron chi connectivity index (χ4n) is 0.795. The number of ether oxygens (including phenoxy) is 1. The van der Waals surface area contributed by atoms with Crippen LogP contribution in [0.5, 0.6) is 5.75 Å². The van der Waals surface area contributed by atoms with Gasteiger partial charge in [0, 0.05) is 16.9 Å². The Morgan fingerprint density at radius 1 is 1.33 bits per heavy atom. The molecule has 0 spiro atoms. The molecule has 0 saturated carbocycles. The van der Waals surface area contributed by atoms with Gasteiger partial charge in [-0.25, -0.2) is 0 Å². The summed E-state index contributed by atoms with van der Waals surface area (Å²) in [5, 5.41) is 0.597. The normalized spacial score (nSPS) is 9.92. The third kappa shape index (κ3) is 2.30. The summed E-state index contributed by atoms with van der Waals surface area (Å²) >= 11 is 7.14. The number of halogens is 1. The zero-order valence-corrected chi connectivity index (χ0v) is 8.41. The van der Waals surface area contributed by atoms with Crippen LogP contribution in [0.1, 0.15) is 0 Å². The van der Waals surface area contributed by atoms with Crippen molar-refractivity contribution in [3.05, 3.63) is 23.2 Å². The fourth-order valence-corrected chi connectivity index (χ4v) is 1.60. The smallest absolute Gasteiger partial charge is 0.137 e. The SMILES string of the molecule is COSc1ccc(OC)c(Cl)c1. The highest BCUT2D eigenvalue weighted by molar-refractivity contribution is 7.94. The summed E-state index contributed by atoms with van der Waals surface area (Å²) in [5.41, 5.74) is 0. The van der Waals surface area contributed by atoms with Crippen LogP contribution >= 0.6 is 23.6 Å². The van der Waals surface area contributed by atoms with Crippen molar-refractivity contribution >= 4 is 23.6 Å². The van der Waals surface area contributed by atoms with E-state index in [0.29, 0.717) is 10.8 Å². The van der Waals surface area contributed by atoms with Crippen molar-refractivity contribution in [2.45, 2.75) is 4.90 Å². The molecule has 0 bridgehead atoms. The monoisotopic (exact) mass is 204 g/mol. The molecule has 0 atom stereocenters. The summed E-state index contributed by atoms with van der Waals surface area (Å²) < 4.78 is 9.87. The minimum Gasteiger partial charge on any atom is -0.495 e. The predicted molar refractivity (Wildman–Crippen MR) is 50.9 cm³/mol. The van der Waals surface area contributed by atoms with E-state index in [1.54, 1.807) is 20.3 Å². The van der Waals surface area contributed by atoms with Gasteiger partial charge in [0.2, 0.25) is 0 Å². The second kappa shape index (κ2) is 4.60. The number of benzene rings is 1. The average molecular weight is 205 g/mol. The summed E-state index contributed by atoms with van der Waals surface area (Å²) in [6.45, 7) is 0. The maximum Gasteiger partial charge on any atom is 0.137 e. The summed E-state index contributed by atoms with van der Waals surface area (Å²) in [5.74, 6) is 0.678. The van der Waals surface area contributed by atoms with Gasteiger partial charge in [0.15, 0.2) is 0 Å². The third-order valence-corrected chi connectivity index (χ3v) is 2.21. The highest BCUT2D eigenvalue weighted by Crippen LogP contribution is 2.29. The van der Waals surface area contributed by atoms with Gasteiger partial charge in [0.1, 0.15) is 5.75 Å². The van der Waals surface area contributed by atoms with E-state index in [-0.39, 0.29) is 0 Å². The Bertz CT molecular complexity index is 265. The molecule has 12 heavy (non-hydrogen) atoms. The largest absolute Gasteiger partial charge is 0.495 e. The van der Waals surface area contributed by atoms with E-state index in [4.69, 9.17) is 20.5 Å².